The number of hydrogen-bond donors (Lipinski definition) is 1. The topological polar surface area (TPSA) is 20.7 Å². The number of nitrogens with one attached hydrogen (secondary N) is 1. The predicted molar refractivity (Wildman–Crippen MR) is 76.7 cm³/mol. The molecule has 2 nitrogen and oxygen atoms in total. The summed E-state index contributed by atoms with van der Waals surface area (Å²) in [4.78, 5) is 3.14. The number of benzene rings is 1. The van der Waals surface area contributed by atoms with Crippen LogP contribution in [0.3, 0.4) is 0 Å². The fourth-order valence-electron chi connectivity index (χ4n) is 2.44. The highest BCUT2D eigenvalue weighted by Gasteiger charge is 2.45. The largest absolute Gasteiger partial charge is 0.331 e. The minimum atomic E-state index is -0.250. The molecule has 1 aliphatic carbocycles. The summed E-state index contributed by atoms with van der Waals surface area (Å²) in [5, 5.41) is 0. The molecule has 1 N–H and O–H groups in total. The third kappa shape index (κ3) is 1.93. The van der Waals surface area contributed by atoms with Crippen molar-refractivity contribution in [3.05, 3.63) is 27.2 Å². The van der Waals surface area contributed by atoms with E-state index in [0.717, 1.165) is 17.6 Å². The van der Waals surface area contributed by atoms with Crippen LogP contribution in [-0.2, 0) is 6.54 Å². The number of fused-ring (bicyclic) bond motifs is 1. The Hall–Kier alpha value is -0.680. The van der Waals surface area contributed by atoms with Crippen molar-refractivity contribution in [2.75, 3.05) is 0 Å². The molecule has 1 aromatic carbocycles. The van der Waals surface area contributed by atoms with Gasteiger partial charge < -0.3 is 9.55 Å². The second-order valence-electron chi connectivity index (χ2n) is 5.71. The van der Waals surface area contributed by atoms with Crippen LogP contribution in [-0.4, -0.2) is 9.55 Å². The first-order valence-electron chi connectivity index (χ1n) is 5.96. The fraction of sp³-hybridized carbons (Fsp3) is 0.462. The Kier molecular flexibility index (Phi) is 2.68. The Bertz CT molecular complexity index is 686. The highest BCUT2D eigenvalue weighted by atomic mass is 79.9. The first-order chi connectivity index (χ1) is 8.38. The summed E-state index contributed by atoms with van der Waals surface area (Å²) in [5.74, 6) is 0.384. The van der Waals surface area contributed by atoms with Gasteiger partial charge in [0.15, 0.2) is 4.77 Å². The molecular weight excluding hydrogens is 315 g/mol. The van der Waals surface area contributed by atoms with E-state index in [-0.39, 0.29) is 5.82 Å². The van der Waals surface area contributed by atoms with Crippen LogP contribution in [0, 0.1) is 21.9 Å². The van der Waals surface area contributed by atoms with E-state index in [4.69, 9.17) is 12.2 Å². The van der Waals surface area contributed by atoms with Gasteiger partial charge in [0.2, 0.25) is 0 Å². The molecule has 5 heteroatoms. The zero-order valence-corrected chi connectivity index (χ0v) is 12.7. The number of halogens is 2. The summed E-state index contributed by atoms with van der Waals surface area (Å²) in [5.41, 5.74) is 2.13. The highest BCUT2D eigenvalue weighted by Crippen LogP contribution is 2.52. The molecule has 1 fully saturated rings. The Balaban J connectivity index is 2.08. The van der Waals surface area contributed by atoms with Crippen molar-refractivity contribution < 1.29 is 4.39 Å². The number of hydrogen-bond acceptors (Lipinski definition) is 1. The van der Waals surface area contributed by atoms with Gasteiger partial charge in [-0.2, -0.15) is 0 Å². The second-order valence-corrected chi connectivity index (χ2v) is 6.95. The number of nitrogens with zero attached hydrogens (tertiary/aromatic N) is 1. The van der Waals surface area contributed by atoms with Crippen molar-refractivity contribution in [2.24, 2.45) is 11.3 Å². The van der Waals surface area contributed by atoms with E-state index < -0.39 is 0 Å². The van der Waals surface area contributed by atoms with E-state index in [1.54, 1.807) is 12.1 Å². The van der Waals surface area contributed by atoms with Gasteiger partial charge in [-0.1, -0.05) is 13.8 Å². The lowest BCUT2D eigenvalue weighted by Crippen LogP contribution is -2.03. The second kappa shape index (κ2) is 3.90. The van der Waals surface area contributed by atoms with Crippen molar-refractivity contribution in [3.63, 3.8) is 0 Å². The first-order valence-corrected chi connectivity index (χ1v) is 7.16. The average Bonchev–Trinajstić information content (AvgIpc) is 2.76. The lowest BCUT2D eigenvalue weighted by atomic mass is 10.1. The Labute approximate surface area is 118 Å². The van der Waals surface area contributed by atoms with Gasteiger partial charge in [0.25, 0.3) is 0 Å². The van der Waals surface area contributed by atoms with Crippen molar-refractivity contribution in [1.82, 2.24) is 9.55 Å². The molecule has 1 unspecified atom stereocenters. The molecule has 0 spiro atoms. The molecule has 0 aliphatic heterocycles. The molecule has 0 amide bonds. The molecule has 1 aromatic heterocycles. The van der Waals surface area contributed by atoms with Crippen LogP contribution in [0.15, 0.2) is 16.6 Å². The minimum absolute atomic E-state index is 0.250. The van der Waals surface area contributed by atoms with Crippen LogP contribution < -0.4 is 0 Å². The standard InChI is InChI=1S/C13H14BrFN2S/c1-13(2)5-7(13)6-17-11-4-9(15)8(14)3-10(11)16-12(17)18/h3-4,7H,5-6H2,1-2H3,(H,16,18). The van der Waals surface area contributed by atoms with E-state index in [1.807, 2.05) is 4.57 Å². The zero-order valence-electron chi connectivity index (χ0n) is 10.3. The Morgan fingerprint density at radius 3 is 2.83 bits per heavy atom. The maximum Gasteiger partial charge on any atom is 0.178 e. The Morgan fingerprint density at radius 1 is 1.56 bits per heavy atom. The zero-order chi connectivity index (χ0) is 13.1. The van der Waals surface area contributed by atoms with Crippen LogP contribution in [0.25, 0.3) is 11.0 Å². The molecule has 1 atom stereocenters. The monoisotopic (exact) mass is 328 g/mol. The van der Waals surface area contributed by atoms with Crippen LogP contribution in [0.4, 0.5) is 4.39 Å². The van der Waals surface area contributed by atoms with Gasteiger partial charge in [0, 0.05) is 12.6 Å². The third-order valence-corrected chi connectivity index (χ3v) is 4.87. The molecule has 1 saturated carbocycles. The maximum atomic E-state index is 13.6. The molecule has 0 radical (unpaired) electrons. The normalized spacial score (nSPS) is 21.4. The van der Waals surface area contributed by atoms with Gasteiger partial charge >= 0.3 is 0 Å². The molecule has 3 rings (SSSR count). The van der Waals surface area contributed by atoms with Gasteiger partial charge in [0.05, 0.1) is 15.5 Å². The lowest BCUT2D eigenvalue weighted by molar-refractivity contribution is 0.501. The summed E-state index contributed by atoms with van der Waals surface area (Å²) in [7, 11) is 0. The molecule has 2 aromatic rings. The molecule has 1 aliphatic rings. The number of rotatable bonds is 2. The van der Waals surface area contributed by atoms with Crippen LogP contribution in [0.1, 0.15) is 20.3 Å². The third-order valence-electron chi connectivity index (χ3n) is 3.94. The quantitative estimate of drug-likeness (QED) is 0.796. The van der Waals surface area contributed by atoms with Crippen molar-refractivity contribution in [2.45, 2.75) is 26.8 Å². The van der Waals surface area contributed by atoms with Crippen molar-refractivity contribution in [1.29, 1.82) is 0 Å². The van der Waals surface area contributed by atoms with Crippen LogP contribution >= 0.6 is 28.1 Å². The van der Waals surface area contributed by atoms with Gasteiger partial charge in [-0.05, 0) is 52.0 Å². The molecule has 96 valence electrons. The van der Waals surface area contributed by atoms with Crippen LogP contribution in [0.5, 0.6) is 0 Å². The average molecular weight is 329 g/mol. The Morgan fingerprint density at radius 2 is 2.22 bits per heavy atom. The number of imidazole rings is 1. The summed E-state index contributed by atoms with van der Waals surface area (Å²) < 4.78 is 16.8. The molecule has 1 heterocycles. The number of H-pyrrole nitrogens is 1. The SMILES string of the molecule is CC1(C)CC1Cn1c(=S)[nH]c2cc(Br)c(F)cc21. The first kappa shape index (κ1) is 12.4. The molecule has 18 heavy (non-hydrogen) atoms. The van der Waals surface area contributed by atoms with Gasteiger partial charge in [-0.3, -0.25) is 0 Å². The van der Waals surface area contributed by atoms with E-state index in [1.165, 1.54) is 6.42 Å². The maximum absolute atomic E-state index is 13.6. The van der Waals surface area contributed by atoms with E-state index in [2.05, 4.69) is 34.8 Å². The smallest absolute Gasteiger partial charge is 0.178 e. The predicted octanol–water partition coefficient (Wildman–Crippen LogP) is 4.65. The van der Waals surface area contributed by atoms with Crippen LogP contribution in [0.2, 0.25) is 0 Å². The fourth-order valence-corrected chi connectivity index (χ4v) is 3.07. The van der Waals surface area contributed by atoms with E-state index >= 15 is 0 Å². The lowest BCUT2D eigenvalue weighted by Gasteiger charge is -2.06. The number of aromatic nitrogens is 2. The summed E-state index contributed by atoms with van der Waals surface area (Å²) in [6.07, 6.45) is 1.21. The molecular formula is C13H14BrFN2S. The molecule has 0 saturated heterocycles. The highest BCUT2D eigenvalue weighted by molar-refractivity contribution is 9.10. The van der Waals surface area contributed by atoms with E-state index in [9.17, 15) is 4.39 Å². The summed E-state index contributed by atoms with van der Waals surface area (Å²) in [6.45, 7) is 5.38. The van der Waals surface area contributed by atoms with Gasteiger partial charge in [0.1, 0.15) is 5.82 Å². The van der Waals surface area contributed by atoms with Crippen molar-refractivity contribution >= 4 is 39.2 Å². The summed E-state index contributed by atoms with van der Waals surface area (Å²) >= 11 is 8.52. The number of aromatic amines is 1. The summed E-state index contributed by atoms with van der Waals surface area (Å²) in [6, 6.07) is 3.29. The molecule has 0 bridgehead atoms. The minimum Gasteiger partial charge on any atom is -0.331 e. The van der Waals surface area contributed by atoms with Gasteiger partial charge in [-0.25, -0.2) is 4.39 Å². The van der Waals surface area contributed by atoms with Gasteiger partial charge in [-0.15, -0.1) is 0 Å². The van der Waals surface area contributed by atoms with Crippen molar-refractivity contribution in [3.8, 4) is 0 Å². The van der Waals surface area contributed by atoms with E-state index in [0.29, 0.717) is 20.6 Å².